The third-order valence-electron chi connectivity index (χ3n) is 1.12. The highest BCUT2D eigenvalue weighted by molar-refractivity contribution is 5.50. The van der Waals surface area contributed by atoms with Gasteiger partial charge in [-0.25, -0.2) is 9.97 Å². The summed E-state index contributed by atoms with van der Waals surface area (Å²) in [5, 5.41) is 0. The first-order chi connectivity index (χ1) is 4.88. The molecule has 0 aromatic carbocycles. The molecule has 0 bridgehead atoms. The van der Waals surface area contributed by atoms with E-state index in [-0.39, 0.29) is 0 Å². The van der Waals surface area contributed by atoms with Gasteiger partial charge in [0.25, 0.3) is 0 Å². The summed E-state index contributed by atoms with van der Waals surface area (Å²) >= 11 is 0. The Morgan fingerprint density at radius 1 is 1.70 bits per heavy atom. The zero-order chi connectivity index (χ0) is 7.40. The Hall–Kier alpha value is -1.38. The minimum atomic E-state index is 0.560. The third-order valence-corrected chi connectivity index (χ3v) is 1.12. The van der Waals surface area contributed by atoms with Gasteiger partial charge in [-0.2, -0.15) is 0 Å². The molecule has 10 heavy (non-hydrogen) atoms. The van der Waals surface area contributed by atoms with E-state index in [4.69, 9.17) is 4.74 Å². The predicted octanol–water partition coefficient (Wildman–Crippen LogP) is 1.13. The molecule has 0 atom stereocenters. The normalized spacial score (nSPS) is 8.90. The maximum atomic E-state index is 4.91. The van der Waals surface area contributed by atoms with E-state index < -0.39 is 0 Å². The molecule has 0 amide bonds. The van der Waals surface area contributed by atoms with E-state index in [1.807, 2.05) is 0 Å². The zero-order valence-corrected chi connectivity index (χ0v) is 5.74. The number of nitrogens with zero attached hydrogens (tertiary/aromatic N) is 2. The summed E-state index contributed by atoms with van der Waals surface area (Å²) in [4.78, 5) is 7.67. The van der Waals surface area contributed by atoms with Gasteiger partial charge in [-0.1, -0.05) is 12.7 Å². The van der Waals surface area contributed by atoms with Gasteiger partial charge >= 0.3 is 0 Å². The van der Waals surface area contributed by atoms with Gasteiger partial charge in [0.05, 0.1) is 12.7 Å². The fourth-order valence-corrected chi connectivity index (χ4v) is 0.640. The molecule has 1 aromatic rings. The second-order valence-corrected chi connectivity index (χ2v) is 1.69. The molecular formula is C7H8N2O. The van der Waals surface area contributed by atoms with Crippen molar-refractivity contribution >= 4 is 6.08 Å². The van der Waals surface area contributed by atoms with Crippen molar-refractivity contribution in [1.29, 1.82) is 0 Å². The molecule has 0 aliphatic carbocycles. The molecule has 0 N–H and O–H groups in total. The molecule has 1 rings (SSSR count). The molecule has 3 nitrogen and oxygen atoms in total. The van der Waals surface area contributed by atoms with Crippen molar-refractivity contribution < 1.29 is 4.74 Å². The Labute approximate surface area is 59.4 Å². The van der Waals surface area contributed by atoms with Crippen molar-refractivity contribution in [2.75, 3.05) is 7.11 Å². The van der Waals surface area contributed by atoms with Crippen LogP contribution in [0.1, 0.15) is 5.56 Å². The van der Waals surface area contributed by atoms with Gasteiger partial charge in [-0.05, 0) is 0 Å². The Morgan fingerprint density at radius 3 is 3.00 bits per heavy atom. The van der Waals surface area contributed by atoms with Crippen LogP contribution in [0.4, 0.5) is 0 Å². The topological polar surface area (TPSA) is 35.0 Å². The molecule has 0 aliphatic rings. The highest BCUT2D eigenvalue weighted by Crippen LogP contribution is 2.11. The molecule has 1 heterocycles. The largest absolute Gasteiger partial charge is 0.480 e. The van der Waals surface area contributed by atoms with Gasteiger partial charge in [0.2, 0.25) is 5.88 Å². The second-order valence-electron chi connectivity index (χ2n) is 1.69. The summed E-state index contributed by atoms with van der Waals surface area (Å²) < 4.78 is 4.91. The highest BCUT2D eigenvalue weighted by Gasteiger charge is 1.96. The van der Waals surface area contributed by atoms with Gasteiger partial charge < -0.3 is 4.74 Å². The second kappa shape index (κ2) is 2.96. The number of methoxy groups -OCH3 is 1. The molecule has 0 radical (unpaired) electrons. The summed E-state index contributed by atoms with van der Waals surface area (Å²) in [6.07, 6.45) is 4.74. The van der Waals surface area contributed by atoms with Crippen LogP contribution in [-0.2, 0) is 0 Å². The molecule has 0 fully saturated rings. The van der Waals surface area contributed by atoms with Gasteiger partial charge in [-0.15, -0.1) is 0 Å². The van der Waals surface area contributed by atoms with Gasteiger partial charge in [0, 0.05) is 6.20 Å². The van der Waals surface area contributed by atoms with Gasteiger partial charge in [0.15, 0.2) is 0 Å². The van der Waals surface area contributed by atoms with Crippen molar-refractivity contribution in [2.24, 2.45) is 0 Å². The molecular weight excluding hydrogens is 128 g/mol. The van der Waals surface area contributed by atoms with Gasteiger partial charge in [0.1, 0.15) is 6.33 Å². The molecule has 1 aromatic heterocycles. The van der Waals surface area contributed by atoms with Crippen molar-refractivity contribution in [3.63, 3.8) is 0 Å². The summed E-state index contributed by atoms with van der Waals surface area (Å²) in [6.45, 7) is 3.58. The lowest BCUT2D eigenvalue weighted by molar-refractivity contribution is 0.395. The van der Waals surface area contributed by atoms with E-state index in [1.165, 1.54) is 6.33 Å². The van der Waals surface area contributed by atoms with Crippen molar-refractivity contribution in [3.05, 3.63) is 24.7 Å². The van der Waals surface area contributed by atoms with Crippen molar-refractivity contribution in [3.8, 4) is 5.88 Å². The lowest BCUT2D eigenvalue weighted by Crippen LogP contribution is -1.90. The van der Waals surface area contributed by atoms with E-state index in [2.05, 4.69) is 16.5 Å². The van der Waals surface area contributed by atoms with Crippen LogP contribution < -0.4 is 4.74 Å². The quantitative estimate of drug-likeness (QED) is 0.611. The lowest BCUT2D eigenvalue weighted by Gasteiger charge is -1.99. The zero-order valence-electron chi connectivity index (χ0n) is 5.74. The highest BCUT2D eigenvalue weighted by atomic mass is 16.5. The summed E-state index contributed by atoms with van der Waals surface area (Å²) in [5.74, 6) is 0.560. The van der Waals surface area contributed by atoms with E-state index in [9.17, 15) is 0 Å². The molecule has 0 aliphatic heterocycles. The first-order valence-electron chi connectivity index (χ1n) is 2.85. The Bertz CT molecular complexity index is 235. The minimum Gasteiger partial charge on any atom is -0.480 e. The maximum absolute atomic E-state index is 4.91. The summed E-state index contributed by atoms with van der Waals surface area (Å²) in [6, 6.07) is 0. The standard InChI is InChI=1S/C7H8N2O/c1-3-6-4-8-5-9-7(6)10-2/h3-5H,1H2,2H3. The van der Waals surface area contributed by atoms with Crippen LogP contribution in [0.3, 0.4) is 0 Å². The predicted molar refractivity (Wildman–Crippen MR) is 38.7 cm³/mol. The van der Waals surface area contributed by atoms with Crippen LogP contribution in [-0.4, -0.2) is 17.1 Å². The van der Waals surface area contributed by atoms with Crippen molar-refractivity contribution in [1.82, 2.24) is 9.97 Å². The number of hydrogen-bond acceptors (Lipinski definition) is 3. The third kappa shape index (κ3) is 1.13. The van der Waals surface area contributed by atoms with Crippen LogP contribution in [0.2, 0.25) is 0 Å². The molecule has 3 heteroatoms. The molecule has 0 saturated carbocycles. The molecule has 0 unspecified atom stereocenters. The van der Waals surface area contributed by atoms with E-state index >= 15 is 0 Å². The molecule has 52 valence electrons. The number of hydrogen-bond donors (Lipinski definition) is 0. The smallest absolute Gasteiger partial charge is 0.223 e. The van der Waals surface area contributed by atoms with Crippen LogP contribution in [0.15, 0.2) is 19.1 Å². The first kappa shape index (κ1) is 6.74. The Balaban J connectivity index is 3.08. The van der Waals surface area contributed by atoms with Crippen LogP contribution >= 0.6 is 0 Å². The minimum absolute atomic E-state index is 0.560. The lowest BCUT2D eigenvalue weighted by atomic mass is 10.3. The molecule has 0 spiro atoms. The fourth-order valence-electron chi connectivity index (χ4n) is 0.640. The van der Waals surface area contributed by atoms with E-state index in [1.54, 1.807) is 19.4 Å². The van der Waals surface area contributed by atoms with Crippen LogP contribution in [0, 0.1) is 0 Å². The van der Waals surface area contributed by atoms with Crippen LogP contribution in [0.25, 0.3) is 6.08 Å². The van der Waals surface area contributed by atoms with Crippen molar-refractivity contribution in [2.45, 2.75) is 0 Å². The number of ether oxygens (including phenoxy) is 1. The maximum Gasteiger partial charge on any atom is 0.223 e. The van der Waals surface area contributed by atoms with Gasteiger partial charge in [-0.3, -0.25) is 0 Å². The first-order valence-corrected chi connectivity index (χ1v) is 2.85. The summed E-state index contributed by atoms with van der Waals surface area (Å²) in [5.41, 5.74) is 0.810. The monoisotopic (exact) mass is 136 g/mol. The fraction of sp³-hybridized carbons (Fsp3) is 0.143. The summed E-state index contributed by atoms with van der Waals surface area (Å²) in [7, 11) is 1.56. The number of aromatic nitrogens is 2. The van der Waals surface area contributed by atoms with Crippen LogP contribution in [0.5, 0.6) is 5.88 Å². The average molecular weight is 136 g/mol. The Morgan fingerprint density at radius 2 is 2.50 bits per heavy atom. The number of rotatable bonds is 2. The van der Waals surface area contributed by atoms with E-state index in [0.29, 0.717) is 5.88 Å². The average Bonchev–Trinajstić information content (AvgIpc) is 2.04. The van der Waals surface area contributed by atoms with E-state index in [0.717, 1.165) is 5.56 Å². The SMILES string of the molecule is C=Cc1cncnc1OC. The Kier molecular flexibility index (Phi) is 1.99. The molecule has 0 saturated heterocycles.